The summed E-state index contributed by atoms with van der Waals surface area (Å²) in [6.07, 6.45) is 30.0. The number of nitrogens with zero attached hydrogens (tertiary/aromatic N) is 2. The predicted molar refractivity (Wildman–Crippen MR) is 221 cm³/mol. The van der Waals surface area contributed by atoms with Gasteiger partial charge in [-0.15, -0.1) is 0 Å². The van der Waals surface area contributed by atoms with E-state index in [9.17, 15) is 0 Å². The fourth-order valence-electron chi connectivity index (χ4n) is 6.32. The monoisotopic (exact) mass is 717 g/mol. The molecule has 0 amide bonds. The van der Waals surface area contributed by atoms with E-state index >= 15 is 0 Å². The number of hydrogen-bond acceptors (Lipinski definition) is 2. The van der Waals surface area contributed by atoms with Crippen molar-refractivity contribution >= 4 is 23.3 Å². The number of unbranched alkanes of at least 4 members (excludes halogenated alkanes) is 13. The van der Waals surface area contributed by atoms with Gasteiger partial charge in [0.1, 0.15) is 0 Å². The Morgan fingerprint density at radius 1 is 0.510 bits per heavy atom. The standard InChI is InChI=1S/C42H68N2.2C2H5.Ni/c1-7-13-16-19-21-23-26-36-29-35(10-4)30-41(31-36)44-39(12-6)34-43-40-32-37(11-5)42(28-25-18-15-9-3)38(33-40)27-24-22-20-17-14-8-2;2*1-2;/h29-34H,7-28H2,1-6H3;2*1H2,2H3;/q;2*-1;+2. The van der Waals surface area contributed by atoms with Crippen LogP contribution in [0.3, 0.4) is 0 Å². The maximum Gasteiger partial charge on any atom is 2.00 e. The Hall–Kier alpha value is -1.73. The molecule has 0 aromatic heterocycles. The molecule has 0 atom stereocenters. The van der Waals surface area contributed by atoms with E-state index in [1.807, 2.05) is 6.21 Å². The van der Waals surface area contributed by atoms with Crippen LogP contribution < -0.4 is 0 Å². The summed E-state index contributed by atoms with van der Waals surface area (Å²) < 4.78 is 0. The van der Waals surface area contributed by atoms with Crippen LogP contribution >= 0.6 is 0 Å². The molecule has 0 saturated heterocycles. The Morgan fingerprint density at radius 2 is 1.00 bits per heavy atom. The third-order valence-corrected chi connectivity index (χ3v) is 9.14. The minimum absolute atomic E-state index is 0. The molecule has 2 rings (SSSR count). The molecule has 0 saturated carbocycles. The molecule has 282 valence electrons. The minimum Gasteiger partial charge on any atom is -0.346 e. The number of rotatable bonds is 25. The van der Waals surface area contributed by atoms with E-state index < -0.39 is 0 Å². The van der Waals surface area contributed by atoms with Crippen molar-refractivity contribution in [1.29, 1.82) is 0 Å². The summed E-state index contributed by atoms with van der Waals surface area (Å²) in [7, 11) is 0. The van der Waals surface area contributed by atoms with Crippen molar-refractivity contribution in [2.24, 2.45) is 9.98 Å². The van der Waals surface area contributed by atoms with Gasteiger partial charge >= 0.3 is 16.5 Å². The molecule has 0 spiro atoms. The second kappa shape index (κ2) is 34.7. The summed E-state index contributed by atoms with van der Waals surface area (Å²) in [5, 5.41) is 0. The minimum atomic E-state index is 0. The first-order valence-corrected chi connectivity index (χ1v) is 20.4. The molecule has 2 aromatic carbocycles. The van der Waals surface area contributed by atoms with Gasteiger partial charge in [-0.25, -0.2) is 0 Å². The Bertz CT molecular complexity index is 1100. The van der Waals surface area contributed by atoms with Crippen LogP contribution in [0.15, 0.2) is 40.3 Å². The van der Waals surface area contributed by atoms with E-state index in [0.29, 0.717) is 0 Å². The molecule has 0 aliphatic rings. The van der Waals surface area contributed by atoms with Gasteiger partial charge in [0.15, 0.2) is 0 Å². The fourth-order valence-corrected chi connectivity index (χ4v) is 6.32. The van der Waals surface area contributed by atoms with Crippen LogP contribution in [0.1, 0.15) is 192 Å². The number of aliphatic imine (C=N–C) groups is 2. The first-order chi connectivity index (χ1) is 23.6. The molecule has 0 fully saturated rings. The summed E-state index contributed by atoms with van der Waals surface area (Å²) in [5.41, 5.74) is 10.8. The maximum absolute atomic E-state index is 5.12. The average molecular weight is 718 g/mol. The van der Waals surface area contributed by atoms with Crippen molar-refractivity contribution in [3.8, 4) is 0 Å². The van der Waals surface area contributed by atoms with Gasteiger partial charge in [-0.2, -0.15) is 13.8 Å². The van der Waals surface area contributed by atoms with E-state index in [-0.39, 0.29) is 16.5 Å². The zero-order chi connectivity index (χ0) is 35.8. The summed E-state index contributed by atoms with van der Waals surface area (Å²) >= 11 is 0. The number of aryl methyl sites for hydroxylation is 4. The quantitative estimate of drug-likeness (QED) is 0.0423. The Morgan fingerprint density at radius 3 is 1.55 bits per heavy atom. The van der Waals surface area contributed by atoms with Crippen LogP contribution in [0.25, 0.3) is 0 Å². The Labute approximate surface area is 317 Å². The second-order valence-electron chi connectivity index (χ2n) is 13.0. The van der Waals surface area contributed by atoms with Gasteiger partial charge in [0.05, 0.1) is 17.1 Å². The summed E-state index contributed by atoms with van der Waals surface area (Å²) in [6, 6.07) is 11.7. The first kappa shape index (κ1) is 49.4. The smallest absolute Gasteiger partial charge is 0.346 e. The van der Waals surface area contributed by atoms with Crippen LogP contribution in [-0.2, 0) is 48.6 Å². The van der Waals surface area contributed by atoms with Crippen LogP contribution in [0.2, 0.25) is 0 Å². The van der Waals surface area contributed by atoms with E-state index in [2.05, 4.69) is 85.7 Å². The molecule has 3 heteroatoms. The normalized spacial score (nSPS) is 11.1. The fraction of sp³-hybridized carbons (Fsp3) is 0.652. The molecule has 0 unspecified atom stereocenters. The van der Waals surface area contributed by atoms with E-state index in [1.165, 1.54) is 132 Å². The Balaban J connectivity index is 0. The molecule has 49 heavy (non-hydrogen) atoms. The topological polar surface area (TPSA) is 24.7 Å². The van der Waals surface area contributed by atoms with Crippen LogP contribution in [0.4, 0.5) is 11.4 Å². The zero-order valence-corrected chi connectivity index (χ0v) is 34.6. The van der Waals surface area contributed by atoms with Crippen molar-refractivity contribution in [3.63, 3.8) is 0 Å². The molecule has 0 aliphatic carbocycles. The van der Waals surface area contributed by atoms with Gasteiger partial charge < -0.3 is 13.8 Å². The Kier molecular flexibility index (Phi) is 35.0. The number of hydrogen-bond donors (Lipinski definition) is 0. The van der Waals surface area contributed by atoms with Crippen molar-refractivity contribution < 1.29 is 16.5 Å². The largest absolute Gasteiger partial charge is 2.00 e. The molecule has 0 radical (unpaired) electrons. The zero-order valence-electron chi connectivity index (χ0n) is 33.6. The maximum atomic E-state index is 5.12. The van der Waals surface area contributed by atoms with Crippen LogP contribution in [0.5, 0.6) is 0 Å². The first-order valence-electron chi connectivity index (χ1n) is 20.4. The molecular weight excluding hydrogens is 639 g/mol. The van der Waals surface area contributed by atoms with Gasteiger partial charge in [0.2, 0.25) is 0 Å². The summed E-state index contributed by atoms with van der Waals surface area (Å²) in [5.74, 6) is 0. The molecular formula is C46H78N2Ni. The van der Waals surface area contributed by atoms with Crippen molar-refractivity contribution in [2.75, 3.05) is 0 Å². The summed E-state index contributed by atoms with van der Waals surface area (Å²) in [4.78, 5) is 10.2. The van der Waals surface area contributed by atoms with Crippen molar-refractivity contribution in [3.05, 3.63) is 72.0 Å². The van der Waals surface area contributed by atoms with Gasteiger partial charge in [0, 0.05) is 6.21 Å². The average Bonchev–Trinajstić information content (AvgIpc) is 3.13. The SMILES string of the molecule is CCCCCCCCc1cc(CC)cc(N=C(C=Nc2cc(CC)c(CCCCCC)c(CCCCCCCC)c2)CC)c1.[CH2-]C.[CH2-]C.[Ni+2]. The molecule has 2 nitrogen and oxygen atoms in total. The van der Waals surface area contributed by atoms with Crippen molar-refractivity contribution in [2.45, 2.75) is 197 Å². The molecule has 2 aromatic rings. The van der Waals surface area contributed by atoms with Gasteiger partial charge in [-0.3, -0.25) is 9.98 Å². The van der Waals surface area contributed by atoms with Gasteiger partial charge in [-0.1, -0.05) is 131 Å². The third kappa shape index (κ3) is 22.7. The molecule has 0 aliphatic heterocycles. The molecule has 0 N–H and O–H groups in total. The van der Waals surface area contributed by atoms with E-state index in [1.54, 1.807) is 25.0 Å². The molecule has 0 heterocycles. The van der Waals surface area contributed by atoms with E-state index in [4.69, 9.17) is 9.98 Å². The van der Waals surface area contributed by atoms with Gasteiger partial charge in [0.25, 0.3) is 0 Å². The summed E-state index contributed by atoms with van der Waals surface area (Å²) in [6.45, 7) is 23.7. The molecule has 0 bridgehead atoms. The third-order valence-electron chi connectivity index (χ3n) is 9.14. The van der Waals surface area contributed by atoms with E-state index in [0.717, 1.165) is 42.8 Å². The van der Waals surface area contributed by atoms with Crippen LogP contribution in [0, 0.1) is 13.8 Å². The van der Waals surface area contributed by atoms with Crippen LogP contribution in [-0.4, -0.2) is 11.9 Å². The predicted octanol–water partition coefficient (Wildman–Crippen LogP) is 15.3. The van der Waals surface area contributed by atoms with Gasteiger partial charge in [-0.05, 0) is 110 Å². The number of benzene rings is 2. The second-order valence-corrected chi connectivity index (χ2v) is 13.0. The van der Waals surface area contributed by atoms with Crippen molar-refractivity contribution in [1.82, 2.24) is 0 Å².